The summed E-state index contributed by atoms with van der Waals surface area (Å²) in [5, 5.41) is 3.46. The van der Waals surface area contributed by atoms with Gasteiger partial charge in [-0.3, -0.25) is 4.79 Å². The third kappa shape index (κ3) is 3.34. The van der Waals surface area contributed by atoms with Gasteiger partial charge in [0.25, 0.3) is 0 Å². The smallest absolute Gasteiger partial charge is 0.237 e. The van der Waals surface area contributed by atoms with E-state index in [4.69, 9.17) is 5.73 Å². The molecule has 1 heterocycles. The average Bonchev–Trinajstić information content (AvgIpc) is 2.94. The maximum atomic E-state index is 12.0. The second-order valence-electron chi connectivity index (χ2n) is 6.68. The molecular weight excluding hydrogens is 250 g/mol. The van der Waals surface area contributed by atoms with E-state index in [2.05, 4.69) is 24.1 Å². The van der Waals surface area contributed by atoms with Crippen LogP contribution >= 0.6 is 0 Å². The van der Waals surface area contributed by atoms with E-state index in [0.717, 1.165) is 38.1 Å². The predicted molar refractivity (Wildman–Crippen MR) is 82.4 cm³/mol. The molecule has 3 unspecified atom stereocenters. The lowest BCUT2D eigenvalue weighted by atomic mass is 9.77. The van der Waals surface area contributed by atoms with Crippen molar-refractivity contribution in [2.75, 3.05) is 19.6 Å². The molecule has 2 aliphatic rings. The van der Waals surface area contributed by atoms with E-state index in [1.807, 2.05) is 0 Å². The van der Waals surface area contributed by atoms with Gasteiger partial charge in [-0.2, -0.15) is 0 Å². The van der Waals surface area contributed by atoms with Crippen LogP contribution in [-0.2, 0) is 4.79 Å². The van der Waals surface area contributed by atoms with Crippen LogP contribution < -0.4 is 11.1 Å². The zero-order valence-electron chi connectivity index (χ0n) is 13.2. The van der Waals surface area contributed by atoms with Crippen molar-refractivity contribution in [2.45, 2.75) is 70.4 Å². The Labute approximate surface area is 123 Å². The summed E-state index contributed by atoms with van der Waals surface area (Å²) in [6, 6.07) is 0.539. The van der Waals surface area contributed by atoms with Gasteiger partial charge in [-0.05, 0) is 57.5 Å². The van der Waals surface area contributed by atoms with E-state index in [0.29, 0.717) is 6.04 Å². The van der Waals surface area contributed by atoms with Crippen LogP contribution in [0.25, 0.3) is 0 Å². The molecular formula is C16H31N3O. The molecule has 1 saturated carbocycles. The second kappa shape index (κ2) is 6.90. The third-order valence-corrected chi connectivity index (χ3v) is 5.32. The summed E-state index contributed by atoms with van der Waals surface area (Å²) in [5.74, 6) is 0.699. The molecule has 3 N–H and O–H groups in total. The summed E-state index contributed by atoms with van der Waals surface area (Å²) >= 11 is 0. The molecule has 20 heavy (non-hydrogen) atoms. The standard InChI is InChI=1S/C16H31N3O/c1-3-9-18-16(15(17)20)8-5-6-14(11-16)19-10-7-13(4-2)12-19/h13-14,18H,3-12H2,1-2H3,(H2,17,20). The molecule has 1 aliphatic carbocycles. The third-order valence-electron chi connectivity index (χ3n) is 5.32. The Morgan fingerprint density at radius 1 is 1.40 bits per heavy atom. The van der Waals surface area contributed by atoms with Crippen molar-refractivity contribution < 1.29 is 4.79 Å². The van der Waals surface area contributed by atoms with Gasteiger partial charge in [0.15, 0.2) is 0 Å². The second-order valence-corrected chi connectivity index (χ2v) is 6.68. The Balaban J connectivity index is 2.00. The molecule has 116 valence electrons. The maximum absolute atomic E-state index is 12.0. The minimum Gasteiger partial charge on any atom is -0.368 e. The van der Waals surface area contributed by atoms with Gasteiger partial charge in [-0.15, -0.1) is 0 Å². The first-order chi connectivity index (χ1) is 9.61. The first-order valence-corrected chi connectivity index (χ1v) is 8.40. The first kappa shape index (κ1) is 15.8. The topological polar surface area (TPSA) is 58.4 Å². The number of carbonyl (C=O) groups excluding carboxylic acids is 1. The van der Waals surface area contributed by atoms with Crippen molar-refractivity contribution in [3.05, 3.63) is 0 Å². The van der Waals surface area contributed by atoms with Crippen molar-refractivity contribution in [3.8, 4) is 0 Å². The SMILES string of the molecule is CCCNC1(C(N)=O)CCCC(N2CCC(CC)C2)C1. The van der Waals surface area contributed by atoms with Crippen molar-refractivity contribution in [1.29, 1.82) is 0 Å². The van der Waals surface area contributed by atoms with Crippen LogP contribution in [0.2, 0.25) is 0 Å². The number of primary amides is 1. The fourth-order valence-electron chi connectivity index (χ4n) is 3.92. The summed E-state index contributed by atoms with van der Waals surface area (Å²) < 4.78 is 0. The van der Waals surface area contributed by atoms with Gasteiger partial charge in [0.1, 0.15) is 0 Å². The molecule has 2 fully saturated rings. The summed E-state index contributed by atoms with van der Waals surface area (Å²) in [6.07, 6.45) is 7.78. The average molecular weight is 281 g/mol. The van der Waals surface area contributed by atoms with Crippen molar-refractivity contribution in [3.63, 3.8) is 0 Å². The minimum absolute atomic E-state index is 0.151. The zero-order valence-corrected chi connectivity index (χ0v) is 13.2. The van der Waals surface area contributed by atoms with Gasteiger partial charge in [-0.1, -0.05) is 20.3 Å². The van der Waals surface area contributed by atoms with E-state index in [1.165, 1.54) is 32.4 Å². The Kier molecular flexibility index (Phi) is 5.44. The number of amides is 1. The molecule has 0 aromatic rings. The fraction of sp³-hybridized carbons (Fsp3) is 0.938. The van der Waals surface area contributed by atoms with Crippen LogP contribution in [0.4, 0.5) is 0 Å². The number of rotatable bonds is 6. The highest BCUT2D eigenvalue weighted by atomic mass is 16.1. The lowest BCUT2D eigenvalue weighted by Crippen LogP contribution is -2.60. The molecule has 0 bridgehead atoms. The van der Waals surface area contributed by atoms with Gasteiger partial charge in [0.2, 0.25) is 5.91 Å². The maximum Gasteiger partial charge on any atom is 0.237 e. The Morgan fingerprint density at radius 2 is 2.20 bits per heavy atom. The molecule has 1 amide bonds. The van der Waals surface area contributed by atoms with Crippen molar-refractivity contribution >= 4 is 5.91 Å². The Hall–Kier alpha value is -0.610. The lowest BCUT2D eigenvalue weighted by molar-refractivity contribution is -0.126. The number of nitrogens with one attached hydrogen (secondary N) is 1. The highest BCUT2D eigenvalue weighted by molar-refractivity contribution is 5.84. The summed E-state index contributed by atoms with van der Waals surface area (Å²) in [6.45, 7) is 7.71. The highest BCUT2D eigenvalue weighted by Gasteiger charge is 2.43. The number of hydrogen-bond donors (Lipinski definition) is 2. The van der Waals surface area contributed by atoms with Crippen LogP contribution in [0.5, 0.6) is 0 Å². The molecule has 0 aromatic heterocycles. The zero-order chi connectivity index (χ0) is 14.6. The van der Waals surface area contributed by atoms with Gasteiger partial charge >= 0.3 is 0 Å². The predicted octanol–water partition coefficient (Wildman–Crippen LogP) is 1.88. The fourth-order valence-corrected chi connectivity index (χ4v) is 3.92. The van der Waals surface area contributed by atoms with Crippen LogP contribution in [0, 0.1) is 5.92 Å². The lowest BCUT2D eigenvalue weighted by Gasteiger charge is -2.42. The van der Waals surface area contributed by atoms with Gasteiger partial charge in [0, 0.05) is 12.6 Å². The number of nitrogens with two attached hydrogens (primary N) is 1. The monoisotopic (exact) mass is 281 g/mol. The van der Waals surface area contributed by atoms with E-state index < -0.39 is 5.54 Å². The van der Waals surface area contributed by atoms with Crippen LogP contribution in [0.1, 0.15) is 58.8 Å². The van der Waals surface area contributed by atoms with Gasteiger partial charge < -0.3 is 16.0 Å². The molecule has 1 aliphatic heterocycles. The van der Waals surface area contributed by atoms with E-state index in [9.17, 15) is 4.79 Å². The molecule has 2 rings (SSSR count). The first-order valence-electron chi connectivity index (χ1n) is 8.40. The molecule has 3 atom stereocenters. The highest BCUT2D eigenvalue weighted by Crippen LogP contribution is 2.34. The Bertz CT molecular complexity index is 334. The number of likely N-dealkylation sites (tertiary alicyclic amines) is 1. The van der Waals surface area contributed by atoms with Gasteiger partial charge in [-0.25, -0.2) is 0 Å². The molecule has 4 nitrogen and oxygen atoms in total. The van der Waals surface area contributed by atoms with E-state index >= 15 is 0 Å². The molecule has 0 aromatic carbocycles. The van der Waals surface area contributed by atoms with Crippen molar-refractivity contribution in [2.24, 2.45) is 11.7 Å². The Morgan fingerprint density at radius 3 is 2.80 bits per heavy atom. The quantitative estimate of drug-likeness (QED) is 0.781. The summed E-state index contributed by atoms with van der Waals surface area (Å²) in [4.78, 5) is 14.6. The van der Waals surface area contributed by atoms with Crippen LogP contribution in [-0.4, -0.2) is 42.0 Å². The summed E-state index contributed by atoms with van der Waals surface area (Å²) in [7, 11) is 0. The molecule has 1 saturated heterocycles. The summed E-state index contributed by atoms with van der Waals surface area (Å²) in [5.41, 5.74) is 5.28. The number of carbonyl (C=O) groups is 1. The van der Waals surface area contributed by atoms with Crippen LogP contribution in [0.3, 0.4) is 0 Å². The van der Waals surface area contributed by atoms with Crippen LogP contribution in [0.15, 0.2) is 0 Å². The van der Waals surface area contributed by atoms with E-state index in [1.54, 1.807) is 0 Å². The minimum atomic E-state index is -0.455. The molecule has 4 heteroatoms. The normalized spacial score (nSPS) is 35.3. The largest absolute Gasteiger partial charge is 0.368 e. The number of nitrogens with zero attached hydrogens (tertiary/aromatic N) is 1. The van der Waals surface area contributed by atoms with Gasteiger partial charge in [0.05, 0.1) is 5.54 Å². The molecule has 0 radical (unpaired) electrons. The molecule has 0 spiro atoms. The van der Waals surface area contributed by atoms with E-state index in [-0.39, 0.29) is 5.91 Å². The van der Waals surface area contributed by atoms with Crippen molar-refractivity contribution in [1.82, 2.24) is 10.2 Å². The number of hydrogen-bond acceptors (Lipinski definition) is 3.